The van der Waals surface area contributed by atoms with Crippen LogP contribution in [0.15, 0.2) is 57.9 Å². The van der Waals surface area contributed by atoms with E-state index in [-0.39, 0.29) is 10.3 Å². The smallest absolute Gasteiger partial charge is 0.248 e. The monoisotopic (exact) mass is 413 g/mol. The van der Waals surface area contributed by atoms with Gasteiger partial charge in [-0.3, -0.25) is 0 Å². The molecule has 1 fully saturated rings. The zero-order chi connectivity index (χ0) is 16.4. The van der Waals surface area contributed by atoms with E-state index in [2.05, 4.69) is 15.9 Å². The second-order valence-electron chi connectivity index (χ2n) is 5.04. The predicted molar refractivity (Wildman–Crippen MR) is 96.2 cm³/mol. The van der Waals surface area contributed by atoms with Gasteiger partial charge in [0, 0.05) is 16.8 Å². The van der Waals surface area contributed by atoms with Crippen LogP contribution >= 0.6 is 27.7 Å². The van der Waals surface area contributed by atoms with Crippen LogP contribution in [0.3, 0.4) is 0 Å². The van der Waals surface area contributed by atoms with Gasteiger partial charge in [-0.2, -0.15) is 4.31 Å². The first kappa shape index (κ1) is 16.8. The Kier molecular flexibility index (Phi) is 5.01. The second-order valence-corrected chi connectivity index (χ2v) is 9.01. The summed E-state index contributed by atoms with van der Waals surface area (Å²) in [5, 5.41) is -0.204. The van der Waals surface area contributed by atoms with Gasteiger partial charge in [-0.05, 0) is 23.8 Å². The number of sulfonamides is 1. The van der Waals surface area contributed by atoms with Crippen molar-refractivity contribution in [2.45, 2.75) is 10.3 Å². The van der Waals surface area contributed by atoms with Gasteiger partial charge in [-0.25, -0.2) is 8.42 Å². The van der Waals surface area contributed by atoms with Gasteiger partial charge in [-0.1, -0.05) is 46.3 Å². The molecule has 0 aliphatic carbocycles. The largest absolute Gasteiger partial charge is 0.495 e. The molecule has 1 saturated heterocycles. The van der Waals surface area contributed by atoms with Crippen molar-refractivity contribution in [1.29, 1.82) is 0 Å². The van der Waals surface area contributed by atoms with E-state index in [1.807, 2.05) is 30.3 Å². The molecule has 0 bridgehead atoms. The third-order valence-electron chi connectivity index (χ3n) is 3.65. The molecule has 0 aromatic heterocycles. The van der Waals surface area contributed by atoms with Crippen LogP contribution in [0.4, 0.5) is 0 Å². The molecule has 1 aliphatic heterocycles. The third kappa shape index (κ3) is 3.28. The minimum absolute atomic E-state index is 0.192. The van der Waals surface area contributed by atoms with Crippen LogP contribution < -0.4 is 4.74 Å². The average molecular weight is 414 g/mol. The zero-order valence-corrected chi connectivity index (χ0v) is 15.7. The first-order chi connectivity index (χ1) is 11.0. The number of ether oxygens (including phenoxy) is 1. The minimum atomic E-state index is -3.64. The Labute approximate surface area is 149 Å². The number of hydrogen-bond acceptors (Lipinski definition) is 4. The summed E-state index contributed by atoms with van der Waals surface area (Å²) in [6.45, 7) is 0.488. The van der Waals surface area contributed by atoms with Gasteiger partial charge < -0.3 is 4.74 Å². The highest BCUT2D eigenvalue weighted by Crippen LogP contribution is 2.43. The van der Waals surface area contributed by atoms with E-state index in [4.69, 9.17) is 4.74 Å². The van der Waals surface area contributed by atoms with E-state index < -0.39 is 10.0 Å². The first-order valence-corrected chi connectivity index (χ1v) is 10.3. The highest BCUT2D eigenvalue weighted by Gasteiger charge is 2.38. The Balaban J connectivity index is 2.04. The lowest BCUT2D eigenvalue weighted by molar-refractivity contribution is 0.393. The van der Waals surface area contributed by atoms with E-state index in [9.17, 15) is 8.42 Å². The summed E-state index contributed by atoms with van der Waals surface area (Å²) < 4.78 is 33.8. The van der Waals surface area contributed by atoms with Gasteiger partial charge in [0.1, 0.15) is 10.6 Å². The molecule has 1 aliphatic rings. The first-order valence-electron chi connectivity index (χ1n) is 7.06. The van der Waals surface area contributed by atoms with Crippen molar-refractivity contribution >= 4 is 37.7 Å². The molecule has 0 radical (unpaired) electrons. The molecule has 0 spiro atoms. The normalized spacial score (nSPS) is 19.0. The van der Waals surface area contributed by atoms with Crippen molar-refractivity contribution in [3.63, 3.8) is 0 Å². The van der Waals surface area contributed by atoms with Gasteiger partial charge >= 0.3 is 0 Å². The van der Waals surface area contributed by atoms with E-state index in [0.717, 1.165) is 11.3 Å². The van der Waals surface area contributed by atoms with Crippen LogP contribution in [0.1, 0.15) is 10.9 Å². The highest BCUT2D eigenvalue weighted by atomic mass is 79.9. The Morgan fingerprint density at radius 2 is 1.96 bits per heavy atom. The van der Waals surface area contributed by atoms with Crippen LogP contribution in [0.5, 0.6) is 5.75 Å². The van der Waals surface area contributed by atoms with Crippen molar-refractivity contribution in [3.8, 4) is 5.75 Å². The molecular weight excluding hydrogens is 398 g/mol. The molecular formula is C16H16BrNO3S2. The van der Waals surface area contributed by atoms with Crippen molar-refractivity contribution in [2.24, 2.45) is 0 Å². The lowest BCUT2D eigenvalue weighted by Crippen LogP contribution is -2.30. The van der Waals surface area contributed by atoms with Crippen LogP contribution in [-0.2, 0) is 10.0 Å². The molecule has 1 atom stereocenters. The van der Waals surface area contributed by atoms with Crippen LogP contribution in [-0.4, -0.2) is 32.1 Å². The van der Waals surface area contributed by atoms with Gasteiger partial charge in [0.2, 0.25) is 10.0 Å². The van der Waals surface area contributed by atoms with E-state index in [1.165, 1.54) is 7.11 Å². The Morgan fingerprint density at radius 1 is 1.22 bits per heavy atom. The molecule has 7 heteroatoms. The summed E-state index contributed by atoms with van der Waals surface area (Å²) in [6.07, 6.45) is 0. The van der Waals surface area contributed by atoms with Crippen molar-refractivity contribution in [1.82, 2.24) is 4.31 Å². The number of thioether (sulfide) groups is 1. The summed E-state index contributed by atoms with van der Waals surface area (Å²) in [5.41, 5.74) is 0.993. The molecule has 3 rings (SSSR count). The number of methoxy groups -OCH3 is 1. The molecule has 23 heavy (non-hydrogen) atoms. The zero-order valence-electron chi connectivity index (χ0n) is 12.5. The lowest BCUT2D eigenvalue weighted by Gasteiger charge is -2.24. The maximum Gasteiger partial charge on any atom is 0.248 e. The number of benzene rings is 2. The number of halogens is 1. The maximum absolute atomic E-state index is 13.2. The van der Waals surface area contributed by atoms with Gasteiger partial charge in [0.15, 0.2) is 0 Å². The molecule has 0 unspecified atom stereocenters. The Bertz CT molecular complexity index is 796. The fraction of sp³-hybridized carbons (Fsp3) is 0.250. The summed E-state index contributed by atoms with van der Waals surface area (Å²) >= 11 is 4.98. The molecule has 4 nitrogen and oxygen atoms in total. The average Bonchev–Trinajstić information content (AvgIpc) is 3.06. The minimum Gasteiger partial charge on any atom is -0.495 e. The second kappa shape index (κ2) is 6.84. The quantitative estimate of drug-likeness (QED) is 0.762. The molecule has 0 amide bonds. The fourth-order valence-electron chi connectivity index (χ4n) is 2.56. The van der Waals surface area contributed by atoms with Gasteiger partial charge in [0.25, 0.3) is 0 Å². The van der Waals surface area contributed by atoms with Gasteiger partial charge in [0.05, 0.1) is 12.5 Å². The van der Waals surface area contributed by atoms with Crippen LogP contribution in [0, 0.1) is 0 Å². The van der Waals surface area contributed by atoms with Crippen LogP contribution in [0.25, 0.3) is 0 Å². The number of rotatable bonds is 4. The topological polar surface area (TPSA) is 46.6 Å². The molecule has 122 valence electrons. The van der Waals surface area contributed by atoms with E-state index in [0.29, 0.717) is 16.8 Å². The Morgan fingerprint density at radius 3 is 2.65 bits per heavy atom. The predicted octanol–water partition coefficient (Wildman–Crippen LogP) is 3.89. The van der Waals surface area contributed by atoms with Crippen molar-refractivity contribution in [3.05, 3.63) is 58.6 Å². The van der Waals surface area contributed by atoms with Crippen LogP contribution in [0.2, 0.25) is 0 Å². The molecule has 1 heterocycles. The number of hydrogen-bond donors (Lipinski definition) is 0. The molecule has 0 N–H and O–H groups in total. The summed E-state index contributed by atoms with van der Waals surface area (Å²) in [4.78, 5) is 0.192. The maximum atomic E-state index is 13.2. The summed E-state index contributed by atoms with van der Waals surface area (Å²) in [5.74, 6) is 1.13. The highest BCUT2D eigenvalue weighted by molar-refractivity contribution is 9.10. The fourth-order valence-corrected chi connectivity index (χ4v) is 6.50. The molecule has 2 aromatic rings. The van der Waals surface area contributed by atoms with Gasteiger partial charge in [-0.15, -0.1) is 11.8 Å². The van der Waals surface area contributed by atoms with E-state index >= 15 is 0 Å². The molecule has 2 aromatic carbocycles. The summed E-state index contributed by atoms with van der Waals surface area (Å²) in [6, 6.07) is 14.7. The SMILES string of the molecule is COc1ccc(Br)cc1S(=O)(=O)N1CCS[C@@H]1c1ccccc1. The third-order valence-corrected chi connectivity index (χ3v) is 7.42. The van der Waals surface area contributed by atoms with Crippen molar-refractivity contribution in [2.75, 3.05) is 19.4 Å². The summed E-state index contributed by atoms with van der Waals surface area (Å²) in [7, 11) is -2.16. The Hall–Kier alpha value is -1.02. The number of nitrogens with zero attached hydrogens (tertiary/aromatic N) is 1. The molecule has 0 saturated carbocycles. The van der Waals surface area contributed by atoms with E-state index in [1.54, 1.807) is 34.3 Å². The standard InChI is InChI=1S/C16H16BrNO3S2/c1-21-14-8-7-13(17)11-15(14)23(19,20)18-9-10-22-16(18)12-5-3-2-4-6-12/h2-8,11,16H,9-10H2,1H3/t16-/m1/s1. The lowest BCUT2D eigenvalue weighted by atomic mass is 10.2. The van der Waals surface area contributed by atoms with Crippen molar-refractivity contribution < 1.29 is 13.2 Å².